The first-order valence-corrected chi connectivity index (χ1v) is 23.5. The predicted octanol–water partition coefficient (Wildman–Crippen LogP) is 17.7. The standard InChI is InChI=1S/C49H37NO.C16H10/c1-49(2)45-28-35(31-10-4-3-5-11-31)22-26-39(45)40-27-25-37(29-46(40)49)50-36-23-20-33(21-24-36)32-16-18-34(19-17-32)43-30-44-41-13-8-9-15-47(41)51-48(44)42-14-7-6-12-38(42)43;1-2-8-13-12(7-1)14-9-3-5-11-6-4-10-15(13)16(11)14/h3-23,25-30,36,50H,24H2,1-2H3;1-10H. The Labute approximate surface area is 391 Å². The van der Waals surface area contributed by atoms with Gasteiger partial charge < -0.3 is 9.73 Å². The van der Waals surface area contributed by atoms with Gasteiger partial charge in [0.05, 0.1) is 0 Å². The van der Waals surface area contributed by atoms with E-state index in [2.05, 4.69) is 238 Å². The lowest BCUT2D eigenvalue weighted by Gasteiger charge is -2.24. The molecule has 1 N–H and O–H groups in total. The molecule has 318 valence electrons. The first-order valence-electron chi connectivity index (χ1n) is 23.5. The summed E-state index contributed by atoms with van der Waals surface area (Å²) >= 11 is 0. The third kappa shape index (κ3) is 6.47. The van der Waals surface area contributed by atoms with Gasteiger partial charge in [-0.3, -0.25) is 0 Å². The van der Waals surface area contributed by atoms with Crippen molar-refractivity contribution in [2.45, 2.75) is 31.7 Å². The molecule has 0 spiro atoms. The van der Waals surface area contributed by atoms with Crippen LogP contribution in [-0.4, -0.2) is 6.04 Å². The van der Waals surface area contributed by atoms with Gasteiger partial charge in [0.15, 0.2) is 0 Å². The molecule has 0 radical (unpaired) electrons. The Bertz CT molecular complexity index is 3770. The molecule has 1 atom stereocenters. The predicted molar refractivity (Wildman–Crippen MR) is 284 cm³/mol. The van der Waals surface area contributed by atoms with Gasteiger partial charge in [0.1, 0.15) is 11.2 Å². The molecule has 0 saturated carbocycles. The Morgan fingerprint density at radius 2 is 1.06 bits per heavy atom. The van der Waals surface area contributed by atoms with Crippen LogP contribution in [0.5, 0.6) is 0 Å². The van der Waals surface area contributed by atoms with Crippen molar-refractivity contribution in [1.29, 1.82) is 0 Å². The second-order valence-electron chi connectivity index (χ2n) is 18.8. The lowest BCUT2D eigenvalue weighted by molar-refractivity contribution is 0.660. The molecule has 10 aromatic carbocycles. The fourth-order valence-corrected chi connectivity index (χ4v) is 11.2. The van der Waals surface area contributed by atoms with Crippen molar-refractivity contribution >= 4 is 54.7 Å². The summed E-state index contributed by atoms with van der Waals surface area (Å²) in [6, 6.07) is 74.8. The third-order valence-electron chi connectivity index (χ3n) is 14.6. The van der Waals surface area contributed by atoms with Gasteiger partial charge in [0.25, 0.3) is 0 Å². The van der Waals surface area contributed by atoms with Gasteiger partial charge in [0.2, 0.25) is 0 Å². The fourth-order valence-electron chi connectivity index (χ4n) is 11.2. The summed E-state index contributed by atoms with van der Waals surface area (Å²) in [5.41, 5.74) is 21.4. The van der Waals surface area contributed by atoms with Crippen LogP contribution < -0.4 is 5.32 Å². The summed E-state index contributed by atoms with van der Waals surface area (Å²) in [4.78, 5) is 0. The number of hydrogen-bond acceptors (Lipinski definition) is 2. The monoisotopic (exact) mass is 857 g/mol. The minimum Gasteiger partial charge on any atom is -0.455 e. The molecule has 1 heterocycles. The maximum atomic E-state index is 6.34. The van der Waals surface area contributed by atoms with Crippen LogP contribution in [0.2, 0.25) is 0 Å². The van der Waals surface area contributed by atoms with E-state index in [1.165, 1.54) is 99.7 Å². The molecule has 0 bridgehead atoms. The van der Waals surface area contributed by atoms with Crippen LogP contribution in [0.15, 0.2) is 229 Å². The number of furan rings is 1. The zero-order valence-electron chi connectivity index (χ0n) is 37.6. The van der Waals surface area contributed by atoms with Crippen molar-refractivity contribution in [3.05, 3.63) is 241 Å². The Balaban J connectivity index is 0.000000233. The lowest BCUT2D eigenvalue weighted by Crippen LogP contribution is -2.19. The zero-order chi connectivity index (χ0) is 44.6. The van der Waals surface area contributed by atoms with Crippen LogP contribution in [0.1, 0.15) is 37.0 Å². The Morgan fingerprint density at radius 3 is 1.79 bits per heavy atom. The van der Waals surface area contributed by atoms with E-state index in [9.17, 15) is 0 Å². The quantitative estimate of drug-likeness (QED) is 0.187. The molecule has 2 heteroatoms. The molecule has 3 aliphatic rings. The molecule has 1 unspecified atom stereocenters. The molecule has 0 amide bonds. The van der Waals surface area contributed by atoms with Crippen LogP contribution in [0.3, 0.4) is 0 Å². The van der Waals surface area contributed by atoms with E-state index in [1.54, 1.807) is 0 Å². The van der Waals surface area contributed by atoms with Crippen LogP contribution in [0.25, 0.3) is 105 Å². The van der Waals surface area contributed by atoms with Gasteiger partial charge in [-0.25, -0.2) is 0 Å². The van der Waals surface area contributed by atoms with Gasteiger partial charge in [-0.15, -0.1) is 0 Å². The summed E-state index contributed by atoms with van der Waals surface area (Å²) < 4.78 is 6.34. The van der Waals surface area contributed by atoms with E-state index in [0.717, 1.165) is 33.7 Å². The van der Waals surface area contributed by atoms with Crippen molar-refractivity contribution < 1.29 is 4.42 Å². The van der Waals surface area contributed by atoms with Crippen LogP contribution in [0, 0.1) is 0 Å². The highest BCUT2D eigenvalue weighted by atomic mass is 16.3. The number of benzene rings is 10. The van der Waals surface area contributed by atoms with E-state index in [4.69, 9.17) is 4.42 Å². The van der Waals surface area contributed by atoms with Gasteiger partial charge in [-0.05, 0) is 131 Å². The Kier molecular flexibility index (Phi) is 9.05. The zero-order valence-corrected chi connectivity index (χ0v) is 37.6. The third-order valence-corrected chi connectivity index (χ3v) is 14.6. The number of fused-ring (bicyclic) bond motifs is 11. The van der Waals surface area contributed by atoms with Crippen molar-refractivity contribution in [2.75, 3.05) is 5.32 Å². The smallest absolute Gasteiger partial charge is 0.143 e. The average Bonchev–Trinajstić information content (AvgIpc) is 4.00. The van der Waals surface area contributed by atoms with E-state index in [-0.39, 0.29) is 11.5 Å². The highest BCUT2D eigenvalue weighted by Gasteiger charge is 2.36. The van der Waals surface area contributed by atoms with Crippen molar-refractivity contribution in [1.82, 2.24) is 0 Å². The molecular formula is C65H47NO. The first kappa shape index (κ1) is 39.2. The largest absolute Gasteiger partial charge is 0.455 e. The number of rotatable bonds is 5. The van der Waals surface area contributed by atoms with Gasteiger partial charge >= 0.3 is 0 Å². The lowest BCUT2D eigenvalue weighted by atomic mass is 9.81. The summed E-state index contributed by atoms with van der Waals surface area (Å²) in [5.74, 6) is 0. The highest BCUT2D eigenvalue weighted by molar-refractivity contribution is 6.19. The molecular weight excluding hydrogens is 811 g/mol. The van der Waals surface area contributed by atoms with E-state index < -0.39 is 0 Å². The van der Waals surface area contributed by atoms with Crippen molar-refractivity contribution in [3.8, 4) is 55.6 Å². The molecule has 14 rings (SSSR count). The number of para-hydroxylation sites is 1. The number of allylic oxidation sites excluding steroid dienone is 2. The average molecular weight is 858 g/mol. The molecule has 1 aromatic heterocycles. The van der Waals surface area contributed by atoms with Crippen LogP contribution in [-0.2, 0) is 5.41 Å². The van der Waals surface area contributed by atoms with Crippen LogP contribution >= 0.6 is 0 Å². The Hall–Kier alpha value is -8.20. The van der Waals surface area contributed by atoms with Gasteiger partial charge in [-0.1, -0.05) is 208 Å². The minimum atomic E-state index is -0.0703. The Morgan fingerprint density at radius 1 is 0.448 bits per heavy atom. The SMILES string of the molecule is CC1(C)c2cc(NC3C=CC(c4ccc(-c5cc6c7ccccc7oc6c6ccccc56)cc4)=CC3)ccc2-c2ccc(-c3ccccc3)cc21.c1ccc2c(c1)-c1cccc3cccc-2c13. The van der Waals surface area contributed by atoms with Gasteiger partial charge in [0, 0.05) is 33.3 Å². The number of hydrogen-bond donors (Lipinski definition) is 1. The first-order chi connectivity index (χ1) is 33.0. The molecule has 0 aliphatic heterocycles. The summed E-state index contributed by atoms with van der Waals surface area (Å²) in [6.07, 6.45) is 7.88. The molecule has 2 nitrogen and oxygen atoms in total. The molecule has 0 saturated heterocycles. The highest BCUT2D eigenvalue weighted by Crippen LogP contribution is 2.51. The summed E-state index contributed by atoms with van der Waals surface area (Å²) in [7, 11) is 0. The summed E-state index contributed by atoms with van der Waals surface area (Å²) in [5, 5.41) is 11.2. The van der Waals surface area contributed by atoms with Crippen molar-refractivity contribution in [2.24, 2.45) is 0 Å². The topological polar surface area (TPSA) is 25.2 Å². The van der Waals surface area contributed by atoms with Crippen LogP contribution in [0.4, 0.5) is 5.69 Å². The van der Waals surface area contributed by atoms with E-state index in [1.807, 2.05) is 6.07 Å². The summed E-state index contributed by atoms with van der Waals surface area (Å²) in [6.45, 7) is 4.72. The maximum Gasteiger partial charge on any atom is 0.143 e. The normalized spacial score (nSPS) is 15.0. The fraction of sp³-hybridized carbons (Fsp3) is 0.0769. The molecule has 67 heavy (non-hydrogen) atoms. The molecule has 0 fully saturated rings. The molecule has 3 aliphatic carbocycles. The van der Waals surface area contributed by atoms with Gasteiger partial charge in [-0.2, -0.15) is 0 Å². The van der Waals surface area contributed by atoms with E-state index in [0.29, 0.717) is 0 Å². The molecule has 11 aromatic rings. The minimum absolute atomic E-state index is 0.0703. The maximum absolute atomic E-state index is 6.34. The number of anilines is 1. The van der Waals surface area contributed by atoms with Crippen molar-refractivity contribution in [3.63, 3.8) is 0 Å². The second-order valence-corrected chi connectivity index (χ2v) is 18.8. The number of nitrogens with one attached hydrogen (secondary N) is 1. The second kappa shape index (κ2) is 15.5. The van der Waals surface area contributed by atoms with E-state index >= 15 is 0 Å².